The van der Waals surface area contributed by atoms with Crippen molar-refractivity contribution in [3.63, 3.8) is 0 Å². The molecule has 5 rings (SSSR count). The molecular formula is C30H29N3O4S. The number of nitrogens with zero attached hydrogens (tertiary/aromatic N) is 2. The molecule has 0 unspecified atom stereocenters. The summed E-state index contributed by atoms with van der Waals surface area (Å²) in [5.74, 6) is 0.984. The minimum atomic E-state index is -3.71. The average Bonchev–Trinajstić information content (AvgIpc) is 2.95. The fourth-order valence-corrected chi connectivity index (χ4v) is 5.82. The van der Waals surface area contributed by atoms with E-state index < -0.39 is 10.0 Å². The number of sulfonamides is 1. The molecule has 1 fully saturated rings. The number of rotatable bonds is 8. The molecule has 0 saturated carbocycles. The molecule has 8 heteroatoms. The van der Waals surface area contributed by atoms with Crippen LogP contribution in [0.5, 0.6) is 11.5 Å². The Bertz CT molecular complexity index is 1470. The maximum Gasteiger partial charge on any atom is 0.255 e. The van der Waals surface area contributed by atoms with Gasteiger partial charge >= 0.3 is 0 Å². The van der Waals surface area contributed by atoms with Gasteiger partial charge in [0.1, 0.15) is 11.5 Å². The van der Waals surface area contributed by atoms with Crippen molar-refractivity contribution in [3.05, 3.63) is 120 Å². The van der Waals surface area contributed by atoms with Crippen LogP contribution >= 0.6 is 0 Å². The zero-order valence-corrected chi connectivity index (χ0v) is 21.7. The first-order valence-electron chi connectivity index (χ1n) is 12.5. The van der Waals surface area contributed by atoms with Gasteiger partial charge in [-0.05, 0) is 60.2 Å². The van der Waals surface area contributed by atoms with Crippen LogP contribution in [0.1, 0.15) is 15.9 Å². The molecule has 38 heavy (non-hydrogen) atoms. The van der Waals surface area contributed by atoms with E-state index in [1.54, 1.807) is 36.4 Å². The second-order valence-corrected chi connectivity index (χ2v) is 11.0. The Morgan fingerprint density at radius 2 is 1.37 bits per heavy atom. The fraction of sp³-hybridized carbons (Fsp3) is 0.167. The van der Waals surface area contributed by atoms with Crippen LogP contribution in [0, 0.1) is 0 Å². The van der Waals surface area contributed by atoms with Gasteiger partial charge in [0.25, 0.3) is 5.91 Å². The highest BCUT2D eigenvalue weighted by Crippen LogP contribution is 2.24. The van der Waals surface area contributed by atoms with Crippen LogP contribution in [0.3, 0.4) is 0 Å². The molecular weight excluding hydrogens is 498 g/mol. The molecule has 4 aromatic rings. The molecule has 1 N–H and O–H groups in total. The van der Waals surface area contributed by atoms with E-state index in [4.69, 9.17) is 4.74 Å². The van der Waals surface area contributed by atoms with Gasteiger partial charge in [0.2, 0.25) is 10.0 Å². The van der Waals surface area contributed by atoms with Crippen LogP contribution in [-0.2, 0) is 16.6 Å². The summed E-state index contributed by atoms with van der Waals surface area (Å²) in [5.41, 5.74) is 2.07. The second kappa shape index (κ2) is 11.6. The third-order valence-electron chi connectivity index (χ3n) is 6.41. The Kier molecular flexibility index (Phi) is 7.83. The molecule has 1 amide bonds. The van der Waals surface area contributed by atoms with E-state index in [1.165, 1.54) is 22.0 Å². The molecule has 7 nitrogen and oxygen atoms in total. The van der Waals surface area contributed by atoms with Gasteiger partial charge in [-0.25, -0.2) is 8.42 Å². The minimum absolute atomic E-state index is 0.119. The van der Waals surface area contributed by atoms with Crippen LogP contribution in [-0.4, -0.2) is 49.7 Å². The van der Waals surface area contributed by atoms with Crippen LogP contribution < -0.4 is 10.1 Å². The SMILES string of the molecule is O=C(Nc1ccc(Oc2ccccc2)cc1)c1cccc(S(=O)(=O)N2CCN(Cc3ccccc3)CC2)c1. The van der Waals surface area contributed by atoms with Crippen molar-refractivity contribution in [2.24, 2.45) is 0 Å². The van der Waals surface area contributed by atoms with E-state index in [0.717, 1.165) is 12.3 Å². The summed E-state index contributed by atoms with van der Waals surface area (Å²) >= 11 is 0. The summed E-state index contributed by atoms with van der Waals surface area (Å²) in [6.45, 7) is 2.91. The lowest BCUT2D eigenvalue weighted by atomic mass is 10.2. The molecule has 1 heterocycles. The van der Waals surface area contributed by atoms with Crippen LogP contribution in [0.2, 0.25) is 0 Å². The molecule has 1 saturated heterocycles. The van der Waals surface area contributed by atoms with Gasteiger partial charge in [0.05, 0.1) is 4.90 Å². The Labute approximate surface area is 223 Å². The number of piperazine rings is 1. The van der Waals surface area contributed by atoms with Gasteiger partial charge in [-0.2, -0.15) is 4.31 Å². The lowest BCUT2D eigenvalue weighted by molar-refractivity contribution is 0.102. The van der Waals surface area contributed by atoms with Crippen molar-refractivity contribution in [1.82, 2.24) is 9.21 Å². The van der Waals surface area contributed by atoms with Crippen molar-refractivity contribution in [1.29, 1.82) is 0 Å². The summed E-state index contributed by atoms with van der Waals surface area (Å²) in [5, 5.41) is 2.83. The standard InChI is InChI=1S/C30H29N3O4S/c34-30(31-26-14-16-28(17-15-26)37-27-11-5-2-6-12-27)25-10-7-13-29(22-25)38(35,36)33-20-18-32(19-21-33)23-24-8-3-1-4-9-24/h1-17,22H,18-21,23H2,(H,31,34). The molecule has 4 aromatic carbocycles. The van der Waals surface area contributed by atoms with Gasteiger partial charge < -0.3 is 10.1 Å². The summed E-state index contributed by atoms with van der Waals surface area (Å²) in [7, 11) is -3.71. The number of para-hydroxylation sites is 1. The maximum atomic E-state index is 13.3. The van der Waals surface area contributed by atoms with E-state index in [2.05, 4.69) is 22.3 Å². The monoisotopic (exact) mass is 527 g/mol. The summed E-state index contributed by atoms with van der Waals surface area (Å²) in [6.07, 6.45) is 0. The first-order chi connectivity index (χ1) is 18.5. The second-order valence-electron chi connectivity index (χ2n) is 9.09. The molecule has 0 spiro atoms. The zero-order chi connectivity index (χ0) is 26.4. The molecule has 1 aliphatic rings. The van der Waals surface area contributed by atoms with Crippen LogP contribution in [0.15, 0.2) is 114 Å². The molecule has 0 aromatic heterocycles. The number of carbonyl (C=O) groups excluding carboxylic acids is 1. The lowest BCUT2D eigenvalue weighted by Gasteiger charge is -2.34. The summed E-state index contributed by atoms with van der Waals surface area (Å²) < 4.78 is 33.9. The number of ether oxygens (including phenoxy) is 1. The Balaban J connectivity index is 1.20. The van der Waals surface area contributed by atoms with Crippen molar-refractivity contribution in [3.8, 4) is 11.5 Å². The smallest absolute Gasteiger partial charge is 0.255 e. The van der Waals surface area contributed by atoms with Crippen molar-refractivity contribution < 1.29 is 17.9 Å². The first-order valence-corrected chi connectivity index (χ1v) is 13.9. The molecule has 1 aliphatic heterocycles. The number of amides is 1. The third-order valence-corrected chi connectivity index (χ3v) is 8.30. The summed E-state index contributed by atoms with van der Waals surface area (Å²) in [6, 6.07) is 32.8. The van der Waals surface area contributed by atoms with Crippen molar-refractivity contribution in [2.75, 3.05) is 31.5 Å². The van der Waals surface area contributed by atoms with Crippen molar-refractivity contribution >= 4 is 21.6 Å². The Hall–Kier alpha value is -3.98. The zero-order valence-electron chi connectivity index (χ0n) is 20.9. The van der Waals surface area contributed by atoms with Crippen LogP contribution in [0.4, 0.5) is 5.69 Å². The number of benzene rings is 4. The third kappa shape index (κ3) is 6.28. The van der Waals surface area contributed by atoms with Gasteiger partial charge in [-0.15, -0.1) is 0 Å². The number of carbonyl (C=O) groups is 1. The van der Waals surface area contributed by atoms with Gasteiger partial charge in [0.15, 0.2) is 0 Å². The average molecular weight is 528 g/mol. The first kappa shape index (κ1) is 25.7. The number of anilines is 1. The number of nitrogens with one attached hydrogen (secondary N) is 1. The van der Waals surface area contributed by atoms with E-state index in [-0.39, 0.29) is 16.4 Å². The Morgan fingerprint density at radius 3 is 2.05 bits per heavy atom. The number of hydrogen-bond acceptors (Lipinski definition) is 5. The van der Waals surface area contributed by atoms with E-state index >= 15 is 0 Å². The topological polar surface area (TPSA) is 78.9 Å². The molecule has 194 valence electrons. The highest BCUT2D eigenvalue weighted by Gasteiger charge is 2.29. The van der Waals surface area contributed by atoms with Gasteiger partial charge in [-0.1, -0.05) is 54.6 Å². The number of hydrogen-bond donors (Lipinski definition) is 1. The highest BCUT2D eigenvalue weighted by molar-refractivity contribution is 7.89. The molecule has 0 aliphatic carbocycles. The van der Waals surface area contributed by atoms with Gasteiger partial charge in [-0.3, -0.25) is 9.69 Å². The maximum absolute atomic E-state index is 13.3. The lowest BCUT2D eigenvalue weighted by Crippen LogP contribution is -2.48. The van der Waals surface area contributed by atoms with E-state index in [1.807, 2.05) is 48.5 Å². The Morgan fingerprint density at radius 1 is 0.737 bits per heavy atom. The quantitative estimate of drug-likeness (QED) is 0.339. The molecule has 0 radical (unpaired) electrons. The van der Waals surface area contributed by atoms with E-state index in [0.29, 0.717) is 37.6 Å². The normalized spacial score (nSPS) is 14.6. The minimum Gasteiger partial charge on any atom is -0.457 e. The van der Waals surface area contributed by atoms with E-state index in [9.17, 15) is 13.2 Å². The highest BCUT2D eigenvalue weighted by atomic mass is 32.2. The fourth-order valence-electron chi connectivity index (χ4n) is 4.35. The predicted octanol–water partition coefficient (Wildman–Crippen LogP) is 5.24. The molecule has 0 bridgehead atoms. The summed E-state index contributed by atoms with van der Waals surface area (Å²) in [4.78, 5) is 15.3. The van der Waals surface area contributed by atoms with Gasteiger partial charge in [0, 0.05) is 44.0 Å². The van der Waals surface area contributed by atoms with Crippen LogP contribution in [0.25, 0.3) is 0 Å². The predicted molar refractivity (Wildman–Crippen MR) is 148 cm³/mol. The van der Waals surface area contributed by atoms with Crippen molar-refractivity contribution in [2.45, 2.75) is 11.4 Å². The molecule has 0 atom stereocenters. The largest absolute Gasteiger partial charge is 0.457 e.